The second-order valence-electron chi connectivity index (χ2n) is 13.5. The van der Waals surface area contributed by atoms with Gasteiger partial charge in [-0.2, -0.15) is 0 Å². The van der Waals surface area contributed by atoms with Crippen molar-refractivity contribution in [2.24, 2.45) is 5.73 Å². The quantitative estimate of drug-likeness (QED) is 0.0281. The summed E-state index contributed by atoms with van der Waals surface area (Å²) in [5.41, 5.74) is 5.35. The zero-order chi connectivity index (χ0) is 35.2. The summed E-state index contributed by atoms with van der Waals surface area (Å²) in [6.45, 7) is 4.93. The topological polar surface area (TPSA) is 117 Å². The number of unbranched alkanes of at least 4 members (excludes halogenated alkanes) is 24. The van der Waals surface area contributed by atoms with E-state index in [0.717, 1.165) is 32.1 Å². The van der Waals surface area contributed by atoms with Crippen molar-refractivity contribution in [3.05, 3.63) is 12.2 Å². The summed E-state index contributed by atoms with van der Waals surface area (Å²) in [6, 6.07) is 0. The third kappa shape index (κ3) is 36.5. The summed E-state index contributed by atoms with van der Waals surface area (Å²) < 4.78 is 33.3. The molecule has 0 heterocycles. The zero-order valence-electron chi connectivity index (χ0n) is 31.5. The number of carbonyl (C=O) groups excluding carboxylic acids is 1. The van der Waals surface area contributed by atoms with Crippen molar-refractivity contribution < 1.29 is 32.8 Å². The molecule has 0 aromatic rings. The van der Waals surface area contributed by atoms with Crippen LogP contribution in [0, 0.1) is 0 Å². The Morgan fingerprint density at radius 3 is 1.52 bits per heavy atom. The fraction of sp³-hybridized carbons (Fsp3) is 0.923. The maximum atomic E-state index is 12.5. The lowest BCUT2D eigenvalue weighted by Gasteiger charge is -2.20. The van der Waals surface area contributed by atoms with E-state index in [2.05, 4.69) is 26.0 Å². The number of allylic oxidation sites excluding steroid dienone is 2. The van der Waals surface area contributed by atoms with Gasteiger partial charge in [-0.05, 0) is 38.5 Å². The molecule has 0 spiro atoms. The van der Waals surface area contributed by atoms with E-state index in [-0.39, 0.29) is 32.3 Å². The van der Waals surface area contributed by atoms with E-state index in [4.69, 9.17) is 24.3 Å². The summed E-state index contributed by atoms with van der Waals surface area (Å²) in [7, 11) is -4.26. The molecule has 0 aliphatic carbocycles. The molecule has 9 heteroatoms. The Morgan fingerprint density at radius 1 is 0.604 bits per heavy atom. The first kappa shape index (κ1) is 47.2. The Kier molecular flexibility index (Phi) is 36.9. The molecule has 48 heavy (non-hydrogen) atoms. The van der Waals surface area contributed by atoms with E-state index in [1.54, 1.807) is 0 Å². The molecule has 0 aromatic carbocycles. The van der Waals surface area contributed by atoms with E-state index in [1.807, 2.05) is 0 Å². The number of esters is 1. The maximum absolute atomic E-state index is 12.5. The number of phosphoric ester groups is 1. The molecule has 0 saturated carbocycles. The largest absolute Gasteiger partial charge is 0.472 e. The first-order valence-electron chi connectivity index (χ1n) is 20.2. The lowest BCUT2D eigenvalue weighted by atomic mass is 10.1. The van der Waals surface area contributed by atoms with Gasteiger partial charge >= 0.3 is 13.8 Å². The van der Waals surface area contributed by atoms with Crippen molar-refractivity contribution in [2.75, 3.05) is 33.0 Å². The van der Waals surface area contributed by atoms with Gasteiger partial charge in [-0.15, -0.1) is 0 Å². The lowest BCUT2D eigenvalue weighted by Crippen LogP contribution is -2.28. The predicted octanol–water partition coefficient (Wildman–Crippen LogP) is 11.5. The highest BCUT2D eigenvalue weighted by molar-refractivity contribution is 7.47. The Hall–Kier alpha value is -0.760. The lowest BCUT2D eigenvalue weighted by molar-refractivity contribution is -0.154. The van der Waals surface area contributed by atoms with Crippen molar-refractivity contribution in [3.63, 3.8) is 0 Å². The Labute approximate surface area is 296 Å². The van der Waals surface area contributed by atoms with Crippen LogP contribution in [-0.2, 0) is 27.9 Å². The fourth-order valence-corrected chi connectivity index (χ4v) is 6.46. The van der Waals surface area contributed by atoms with Gasteiger partial charge < -0.3 is 20.1 Å². The van der Waals surface area contributed by atoms with Crippen LogP contribution < -0.4 is 5.73 Å². The van der Waals surface area contributed by atoms with Crippen LogP contribution in [0.15, 0.2) is 12.2 Å². The van der Waals surface area contributed by atoms with Crippen molar-refractivity contribution in [3.8, 4) is 0 Å². The third-order valence-corrected chi connectivity index (χ3v) is 9.67. The number of rotatable bonds is 39. The summed E-state index contributed by atoms with van der Waals surface area (Å²) in [6.07, 6.45) is 37.9. The van der Waals surface area contributed by atoms with Crippen LogP contribution in [0.4, 0.5) is 0 Å². The highest BCUT2D eigenvalue weighted by Crippen LogP contribution is 2.43. The van der Waals surface area contributed by atoms with Crippen LogP contribution in [0.5, 0.6) is 0 Å². The average Bonchev–Trinajstić information content (AvgIpc) is 3.07. The maximum Gasteiger partial charge on any atom is 0.472 e. The Balaban J connectivity index is 4.00. The smallest absolute Gasteiger partial charge is 0.457 e. The van der Waals surface area contributed by atoms with Gasteiger partial charge in [0.2, 0.25) is 0 Å². The molecule has 2 atom stereocenters. The zero-order valence-corrected chi connectivity index (χ0v) is 32.4. The molecule has 0 aliphatic heterocycles. The number of hydrogen-bond acceptors (Lipinski definition) is 7. The van der Waals surface area contributed by atoms with Crippen molar-refractivity contribution in [2.45, 2.75) is 200 Å². The first-order chi connectivity index (χ1) is 23.4. The standard InChI is InChI=1S/C39H78NO7P/c1-3-5-7-9-11-13-15-16-17-18-19-20-21-23-25-27-29-31-34-44-36-38(37-46-48(42,43)45-35-33-40)47-39(41)32-30-28-26-24-22-14-12-10-8-6-4-2/h16-17,38H,3-15,18-37,40H2,1-2H3,(H,42,43)/b17-16-. The van der Waals surface area contributed by atoms with E-state index < -0.39 is 13.9 Å². The van der Waals surface area contributed by atoms with Crippen LogP contribution in [0.2, 0.25) is 0 Å². The van der Waals surface area contributed by atoms with Gasteiger partial charge in [0, 0.05) is 19.6 Å². The van der Waals surface area contributed by atoms with Gasteiger partial charge in [0.15, 0.2) is 0 Å². The van der Waals surface area contributed by atoms with Crippen molar-refractivity contribution in [1.29, 1.82) is 0 Å². The van der Waals surface area contributed by atoms with E-state index in [0.29, 0.717) is 13.0 Å². The molecule has 8 nitrogen and oxygen atoms in total. The van der Waals surface area contributed by atoms with Gasteiger partial charge in [-0.25, -0.2) is 4.57 Å². The monoisotopic (exact) mass is 704 g/mol. The number of hydrogen-bond donors (Lipinski definition) is 2. The molecular formula is C39H78NO7P. The highest BCUT2D eigenvalue weighted by atomic mass is 31.2. The second kappa shape index (κ2) is 37.5. The third-order valence-electron chi connectivity index (χ3n) is 8.68. The van der Waals surface area contributed by atoms with Crippen molar-refractivity contribution >= 4 is 13.8 Å². The molecule has 0 fully saturated rings. The molecular weight excluding hydrogens is 625 g/mol. The van der Waals surface area contributed by atoms with E-state index >= 15 is 0 Å². The van der Waals surface area contributed by atoms with Crippen LogP contribution in [0.25, 0.3) is 0 Å². The number of nitrogens with two attached hydrogens (primary N) is 1. The van der Waals surface area contributed by atoms with Gasteiger partial charge in [-0.1, -0.05) is 161 Å². The number of ether oxygens (including phenoxy) is 2. The first-order valence-corrected chi connectivity index (χ1v) is 21.7. The fourth-order valence-electron chi connectivity index (χ4n) is 5.70. The van der Waals surface area contributed by atoms with Crippen LogP contribution in [0.1, 0.15) is 194 Å². The number of phosphoric acid groups is 1. The molecule has 0 aromatic heterocycles. The van der Waals surface area contributed by atoms with Gasteiger partial charge in [0.05, 0.1) is 19.8 Å². The second-order valence-corrected chi connectivity index (χ2v) is 15.0. The number of carbonyl (C=O) groups is 1. The molecule has 0 amide bonds. The van der Waals surface area contributed by atoms with Crippen LogP contribution in [-0.4, -0.2) is 49.9 Å². The Bertz CT molecular complexity index is 752. The molecule has 0 aliphatic rings. The molecule has 0 radical (unpaired) electrons. The normalized spacial score (nSPS) is 13.7. The van der Waals surface area contributed by atoms with Gasteiger partial charge in [0.25, 0.3) is 0 Å². The minimum atomic E-state index is -4.26. The van der Waals surface area contributed by atoms with Gasteiger partial charge in [0.1, 0.15) is 6.10 Å². The molecule has 2 unspecified atom stereocenters. The molecule has 0 rings (SSSR count). The average molecular weight is 704 g/mol. The SMILES string of the molecule is CCCCCCCC/C=C\CCCCCCCCCCOCC(COP(=O)(O)OCCN)OC(=O)CCCCCCCCCCCCC. The Morgan fingerprint density at radius 2 is 1.04 bits per heavy atom. The summed E-state index contributed by atoms with van der Waals surface area (Å²) in [5, 5.41) is 0. The molecule has 0 bridgehead atoms. The summed E-state index contributed by atoms with van der Waals surface area (Å²) in [4.78, 5) is 22.4. The van der Waals surface area contributed by atoms with E-state index in [9.17, 15) is 14.3 Å². The minimum absolute atomic E-state index is 0.0930. The molecule has 0 saturated heterocycles. The minimum Gasteiger partial charge on any atom is -0.457 e. The molecule has 3 N–H and O–H groups in total. The van der Waals surface area contributed by atoms with Crippen molar-refractivity contribution in [1.82, 2.24) is 0 Å². The van der Waals surface area contributed by atoms with E-state index in [1.165, 1.54) is 141 Å². The summed E-state index contributed by atoms with van der Waals surface area (Å²) >= 11 is 0. The van der Waals surface area contributed by atoms with Crippen LogP contribution in [0.3, 0.4) is 0 Å². The highest BCUT2D eigenvalue weighted by Gasteiger charge is 2.25. The van der Waals surface area contributed by atoms with Gasteiger partial charge in [-0.3, -0.25) is 13.8 Å². The predicted molar refractivity (Wildman–Crippen MR) is 201 cm³/mol. The van der Waals surface area contributed by atoms with Crippen LogP contribution >= 0.6 is 7.82 Å². The summed E-state index contributed by atoms with van der Waals surface area (Å²) in [5.74, 6) is -0.331. The molecule has 286 valence electrons.